The van der Waals surface area contributed by atoms with Crippen LogP contribution in [0.15, 0.2) is 82.6 Å². The number of benzene rings is 2. The molecule has 0 bridgehead atoms. The quantitative estimate of drug-likeness (QED) is 0.431. The Morgan fingerprint density at radius 3 is 2.12 bits per heavy atom. The minimum atomic E-state index is -0.385. The molecular formula is C23H15Cl2N5O2. The van der Waals surface area contributed by atoms with Gasteiger partial charge in [0.25, 0.3) is 0 Å². The van der Waals surface area contributed by atoms with Gasteiger partial charge >= 0.3 is 5.69 Å². The van der Waals surface area contributed by atoms with Crippen LogP contribution in [0.4, 0.5) is 0 Å². The molecule has 0 spiro atoms. The van der Waals surface area contributed by atoms with Crippen molar-refractivity contribution >= 4 is 28.8 Å². The molecule has 32 heavy (non-hydrogen) atoms. The molecule has 0 fully saturated rings. The standard InChI is InChI=1S/C23H15Cl2N5O2/c24-17-6-2-15(3-7-17)19-12-27-30-22(21(19)16-4-8-18(25)9-5-16)28-29(23(30)32)13-14-1-10-20(31)26-11-14/h1-12H,13H2,(H,26,31). The fraction of sp³-hybridized carbons (Fsp3) is 0.0435. The summed E-state index contributed by atoms with van der Waals surface area (Å²) in [5.41, 5.74) is 3.83. The largest absolute Gasteiger partial charge is 0.367 e. The molecule has 3 aromatic heterocycles. The Kier molecular flexibility index (Phi) is 5.13. The Bertz CT molecular complexity index is 1530. The van der Waals surface area contributed by atoms with Gasteiger partial charge in [-0.2, -0.15) is 9.61 Å². The van der Waals surface area contributed by atoms with Crippen LogP contribution in [0.2, 0.25) is 10.0 Å². The number of nitrogens with zero attached hydrogens (tertiary/aromatic N) is 4. The highest BCUT2D eigenvalue weighted by Crippen LogP contribution is 2.34. The van der Waals surface area contributed by atoms with Crippen LogP contribution in [0.25, 0.3) is 27.9 Å². The molecule has 7 nitrogen and oxygen atoms in total. The SMILES string of the molecule is O=c1ccc(Cn2nc3c(-c4ccc(Cl)cc4)c(-c4ccc(Cl)cc4)cnn3c2=O)c[nH]1. The maximum absolute atomic E-state index is 13.0. The van der Waals surface area contributed by atoms with Gasteiger partial charge in [0.1, 0.15) is 0 Å². The van der Waals surface area contributed by atoms with Crippen molar-refractivity contribution in [1.82, 2.24) is 24.4 Å². The molecule has 9 heteroatoms. The van der Waals surface area contributed by atoms with Gasteiger partial charge in [-0.15, -0.1) is 5.10 Å². The van der Waals surface area contributed by atoms with Gasteiger partial charge in [-0.3, -0.25) is 4.79 Å². The zero-order chi connectivity index (χ0) is 22.2. The van der Waals surface area contributed by atoms with E-state index in [2.05, 4.69) is 15.2 Å². The van der Waals surface area contributed by atoms with Crippen molar-refractivity contribution < 1.29 is 0 Å². The number of H-pyrrole nitrogens is 1. The fourth-order valence-electron chi connectivity index (χ4n) is 3.53. The third-order valence-corrected chi connectivity index (χ3v) is 5.59. The first-order chi connectivity index (χ1) is 15.5. The van der Waals surface area contributed by atoms with Gasteiger partial charge in [-0.25, -0.2) is 9.48 Å². The minimum Gasteiger partial charge on any atom is -0.329 e. The zero-order valence-corrected chi connectivity index (χ0v) is 18.0. The van der Waals surface area contributed by atoms with Crippen LogP contribution in [0.5, 0.6) is 0 Å². The van der Waals surface area contributed by atoms with E-state index in [4.69, 9.17) is 23.2 Å². The first-order valence-electron chi connectivity index (χ1n) is 9.68. The van der Waals surface area contributed by atoms with Gasteiger partial charge in [-0.1, -0.05) is 53.5 Å². The normalized spacial score (nSPS) is 11.2. The maximum atomic E-state index is 13.0. The number of aromatic nitrogens is 5. The average Bonchev–Trinajstić information content (AvgIpc) is 3.11. The lowest BCUT2D eigenvalue weighted by Crippen LogP contribution is -2.23. The van der Waals surface area contributed by atoms with Gasteiger partial charge in [-0.05, 0) is 41.0 Å². The monoisotopic (exact) mass is 463 g/mol. The number of pyridine rings is 1. The Morgan fingerprint density at radius 1 is 0.844 bits per heavy atom. The summed E-state index contributed by atoms with van der Waals surface area (Å²) in [5, 5.41) is 10.2. The summed E-state index contributed by atoms with van der Waals surface area (Å²) < 4.78 is 2.59. The number of halogens is 2. The van der Waals surface area contributed by atoms with Crippen LogP contribution >= 0.6 is 23.2 Å². The van der Waals surface area contributed by atoms with E-state index in [0.29, 0.717) is 15.7 Å². The third-order valence-electron chi connectivity index (χ3n) is 5.08. The van der Waals surface area contributed by atoms with E-state index in [0.717, 1.165) is 27.8 Å². The van der Waals surface area contributed by atoms with Crippen molar-refractivity contribution in [2.45, 2.75) is 6.54 Å². The fourth-order valence-corrected chi connectivity index (χ4v) is 3.78. The lowest BCUT2D eigenvalue weighted by atomic mass is 9.97. The van der Waals surface area contributed by atoms with Crippen molar-refractivity contribution in [1.29, 1.82) is 0 Å². The summed E-state index contributed by atoms with van der Waals surface area (Å²) in [5.74, 6) is 0. The van der Waals surface area contributed by atoms with Crippen LogP contribution in [-0.4, -0.2) is 24.4 Å². The Balaban J connectivity index is 1.74. The van der Waals surface area contributed by atoms with E-state index in [1.54, 1.807) is 42.7 Å². The van der Waals surface area contributed by atoms with Gasteiger partial charge < -0.3 is 4.98 Å². The molecule has 0 amide bonds. The summed E-state index contributed by atoms with van der Waals surface area (Å²) in [4.78, 5) is 27.0. The molecule has 3 heterocycles. The molecule has 0 aliphatic carbocycles. The van der Waals surface area contributed by atoms with E-state index in [-0.39, 0.29) is 17.8 Å². The van der Waals surface area contributed by atoms with Crippen LogP contribution in [-0.2, 0) is 6.54 Å². The molecule has 0 aliphatic heterocycles. The number of fused-ring (bicyclic) bond motifs is 1. The topological polar surface area (TPSA) is 85.0 Å². The molecule has 0 aliphatic rings. The predicted octanol–water partition coefficient (Wildman–Crippen LogP) is 4.27. The number of nitrogens with one attached hydrogen (secondary N) is 1. The van der Waals surface area contributed by atoms with E-state index in [1.807, 2.05) is 24.3 Å². The summed E-state index contributed by atoms with van der Waals surface area (Å²) in [6, 6.07) is 17.8. The second-order valence-electron chi connectivity index (χ2n) is 7.18. The molecular weight excluding hydrogens is 449 g/mol. The van der Waals surface area contributed by atoms with Gasteiger partial charge in [0.05, 0.1) is 12.7 Å². The highest BCUT2D eigenvalue weighted by Gasteiger charge is 2.19. The number of aromatic amines is 1. The number of hydrogen-bond acceptors (Lipinski definition) is 4. The van der Waals surface area contributed by atoms with E-state index < -0.39 is 0 Å². The zero-order valence-electron chi connectivity index (χ0n) is 16.5. The second-order valence-corrected chi connectivity index (χ2v) is 8.06. The number of rotatable bonds is 4. The average molecular weight is 464 g/mol. The van der Waals surface area contributed by atoms with Crippen LogP contribution in [0.1, 0.15) is 5.56 Å². The lowest BCUT2D eigenvalue weighted by Gasteiger charge is -2.11. The smallest absolute Gasteiger partial charge is 0.329 e. The molecule has 5 aromatic rings. The summed E-state index contributed by atoms with van der Waals surface area (Å²) in [6.07, 6.45) is 3.21. The van der Waals surface area contributed by atoms with Crippen molar-refractivity contribution in [3.05, 3.63) is 110 Å². The van der Waals surface area contributed by atoms with Gasteiger partial charge in [0.15, 0.2) is 5.65 Å². The Labute approximate surface area is 191 Å². The minimum absolute atomic E-state index is 0.190. The van der Waals surface area contributed by atoms with Crippen LogP contribution in [0.3, 0.4) is 0 Å². The van der Waals surface area contributed by atoms with Crippen LogP contribution < -0.4 is 11.2 Å². The van der Waals surface area contributed by atoms with E-state index >= 15 is 0 Å². The molecule has 5 rings (SSSR count). The molecule has 0 saturated heterocycles. The molecule has 0 unspecified atom stereocenters. The van der Waals surface area contributed by atoms with E-state index in [9.17, 15) is 9.59 Å². The van der Waals surface area contributed by atoms with E-state index in [1.165, 1.54) is 15.3 Å². The van der Waals surface area contributed by atoms with Crippen molar-refractivity contribution in [2.75, 3.05) is 0 Å². The molecule has 0 saturated carbocycles. The van der Waals surface area contributed by atoms with Gasteiger partial charge in [0.2, 0.25) is 5.56 Å². The first kappa shape index (κ1) is 20.2. The van der Waals surface area contributed by atoms with Crippen molar-refractivity contribution in [3.63, 3.8) is 0 Å². The third kappa shape index (κ3) is 3.72. The highest BCUT2D eigenvalue weighted by molar-refractivity contribution is 6.31. The second kappa shape index (κ2) is 8.11. The predicted molar refractivity (Wildman–Crippen MR) is 124 cm³/mol. The van der Waals surface area contributed by atoms with Crippen molar-refractivity contribution in [3.8, 4) is 22.3 Å². The Morgan fingerprint density at radius 2 is 1.50 bits per heavy atom. The summed E-state index contributed by atoms with van der Waals surface area (Å²) >= 11 is 12.2. The maximum Gasteiger partial charge on any atom is 0.367 e. The summed E-state index contributed by atoms with van der Waals surface area (Å²) in [7, 11) is 0. The molecule has 0 radical (unpaired) electrons. The lowest BCUT2D eigenvalue weighted by molar-refractivity contribution is 0.648. The molecule has 0 atom stereocenters. The Hall–Kier alpha value is -3.68. The van der Waals surface area contributed by atoms with Crippen LogP contribution in [0, 0.1) is 0 Å². The van der Waals surface area contributed by atoms with Crippen molar-refractivity contribution in [2.24, 2.45) is 0 Å². The molecule has 158 valence electrons. The summed E-state index contributed by atoms with van der Waals surface area (Å²) in [6.45, 7) is 0.190. The number of hydrogen-bond donors (Lipinski definition) is 1. The molecule has 2 aromatic carbocycles. The van der Waals surface area contributed by atoms with Gasteiger partial charge in [0, 0.05) is 33.4 Å². The first-order valence-corrected chi connectivity index (χ1v) is 10.4. The highest BCUT2D eigenvalue weighted by atomic mass is 35.5. The molecule has 1 N–H and O–H groups in total.